The number of hydrogen-bond acceptors (Lipinski definition) is 3. The van der Waals surface area contributed by atoms with Gasteiger partial charge in [-0.3, -0.25) is 0 Å². The molecule has 0 spiro atoms. The van der Waals surface area contributed by atoms with Crippen LogP contribution in [0.4, 0.5) is 5.88 Å². The van der Waals surface area contributed by atoms with Crippen LogP contribution in [0.15, 0.2) is 28.8 Å². The van der Waals surface area contributed by atoms with E-state index in [4.69, 9.17) is 10.3 Å². The Morgan fingerprint density at radius 3 is 2.47 bits per heavy atom. The number of nitrogen functional groups attached to an aromatic ring is 1. The largest absolute Gasteiger partial charge is 0.367 e. The Bertz CT molecular complexity index is 497. The Morgan fingerprint density at radius 2 is 1.88 bits per heavy atom. The Balaban J connectivity index is 2.43. The number of benzene rings is 1. The molecule has 0 amide bonds. The van der Waals surface area contributed by atoms with Gasteiger partial charge in [-0.25, -0.2) is 0 Å². The minimum absolute atomic E-state index is 0.407. The van der Waals surface area contributed by atoms with E-state index >= 15 is 0 Å². The lowest BCUT2D eigenvalue weighted by Gasteiger charge is -2.05. The van der Waals surface area contributed by atoms with Gasteiger partial charge < -0.3 is 10.3 Å². The number of nitrogens with zero attached hydrogens (tertiary/aromatic N) is 1. The second kappa shape index (κ2) is 4.62. The average Bonchev–Trinajstić information content (AvgIpc) is 2.61. The molecule has 0 bridgehead atoms. The van der Waals surface area contributed by atoms with E-state index in [1.807, 2.05) is 0 Å². The van der Waals surface area contributed by atoms with Crippen molar-refractivity contribution in [2.24, 2.45) is 5.92 Å². The summed E-state index contributed by atoms with van der Waals surface area (Å²) in [5, 5.41) is 4.05. The van der Waals surface area contributed by atoms with Gasteiger partial charge in [0, 0.05) is 0 Å². The van der Waals surface area contributed by atoms with E-state index in [-0.39, 0.29) is 0 Å². The summed E-state index contributed by atoms with van der Waals surface area (Å²) < 4.78 is 5.11. The van der Waals surface area contributed by atoms with Crippen LogP contribution >= 0.6 is 0 Å². The highest BCUT2D eigenvalue weighted by molar-refractivity contribution is 5.75. The summed E-state index contributed by atoms with van der Waals surface area (Å²) in [6.07, 6.45) is 0.879. The van der Waals surface area contributed by atoms with Crippen molar-refractivity contribution in [3.8, 4) is 11.1 Å². The molecule has 17 heavy (non-hydrogen) atoms. The molecule has 2 N–H and O–H groups in total. The molecule has 0 aliphatic heterocycles. The maximum absolute atomic E-state index is 5.86. The van der Waals surface area contributed by atoms with Crippen LogP contribution in [-0.2, 0) is 6.42 Å². The lowest BCUT2D eigenvalue weighted by atomic mass is 9.99. The number of rotatable bonds is 3. The Morgan fingerprint density at radius 1 is 1.24 bits per heavy atom. The molecule has 1 heterocycles. The first kappa shape index (κ1) is 11.7. The Kier molecular flexibility index (Phi) is 3.18. The molecule has 0 aliphatic rings. The van der Waals surface area contributed by atoms with E-state index in [0.29, 0.717) is 11.8 Å². The quantitative estimate of drug-likeness (QED) is 0.878. The van der Waals surface area contributed by atoms with E-state index in [1.165, 1.54) is 5.56 Å². The fraction of sp³-hybridized carbons (Fsp3) is 0.357. The molecule has 0 radical (unpaired) electrons. The predicted octanol–water partition coefficient (Wildman–Crippen LogP) is 3.43. The fourth-order valence-electron chi connectivity index (χ4n) is 1.89. The molecular formula is C14H18N2O. The summed E-state index contributed by atoms with van der Waals surface area (Å²) >= 11 is 0. The first-order valence-corrected chi connectivity index (χ1v) is 5.89. The van der Waals surface area contributed by atoms with Crippen LogP contribution < -0.4 is 5.73 Å². The number of nitrogens with two attached hydrogens (primary N) is 1. The van der Waals surface area contributed by atoms with Gasteiger partial charge >= 0.3 is 0 Å². The van der Waals surface area contributed by atoms with Crippen LogP contribution in [0.5, 0.6) is 0 Å². The van der Waals surface area contributed by atoms with Crippen LogP contribution in [0.3, 0.4) is 0 Å². The zero-order valence-corrected chi connectivity index (χ0v) is 10.5. The van der Waals surface area contributed by atoms with Gasteiger partial charge in [0.15, 0.2) is 0 Å². The molecule has 0 fully saturated rings. The lowest BCUT2D eigenvalue weighted by molar-refractivity contribution is 0.422. The van der Waals surface area contributed by atoms with Crippen molar-refractivity contribution in [1.29, 1.82) is 0 Å². The van der Waals surface area contributed by atoms with Crippen LogP contribution in [0.2, 0.25) is 0 Å². The summed E-state index contributed by atoms with van der Waals surface area (Å²) in [5.41, 5.74) is 10.1. The van der Waals surface area contributed by atoms with Crippen LogP contribution in [0.25, 0.3) is 11.1 Å². The average molecular weight is 230 g/mol. The Hall–Kier alpha value is -1.77. The molecule has 1 aromatic carbocycles. The maximum atomic E-state index is 5.86. The smallest absolute Gasteiger partial charge is 0.230 e. The van der Waals surface area contributed by atoms with Crippen molar-refractivity contribution in [3.63, 3.8) is 0 Å². The number of anilines is 1. The van der Waals surface area contributed by atoms with Crippen LogP contribution in [0, 0.1) is 12.8 Å². The minimum atomic E-state index is 0.407. The minimum Gasteiger partial charge on any atom is -0.367 e. The molecule has 2 aromatic rings. The molecule has 0 saturated heterocycles. The normalized spacial score (nSPS) is 11.1. The highest BCUT2D eigenvalue weighted by Gasteiger charge is 2.16. The van der Waals surface area contributed by atoms with Gasteiger partial charge in [-0.15, -0.1) is 0 Å². The van der Waals surface area contributed by atoms with Crippen molar-refractivity contribution in [1.82, 2.24) is 5.16 Å². The first-order valence-electron chi connectivity index (χ1n) is 5.89. The van der Waals surface area contributed by atoms with Crippen molar-refractivity contribution in [3.05, 3.63) is 35.5 Å². The fourth-order valence-corrected chi connectivity index (χ4v) is 1.89. The molecule has 0 saturated carbocycles. The number of aryl methyl sites for hydroxylation is 1. The standard InChI is InChI=1S/C14H18N2O/c1-9(2)8-12-13(14(15)17-16-12)11-6-4-10(3)5-7-11/h4-7,9H,8,15H2,1-3H3. The number of hydrogen-bond donors (Lipinski definition) is 1. The zero-order chi connectivity index (χ0) is 12.4. The van der Waals surface area contributed by atoms with E-state index in [1.54, 1.807) is 0 Å². The van der Waals surface area contributed by atoms with Gasteiger partial charge in [-0.1, -0.05) is 48.8 Å². The molecule has 0 aliphatic carbocycles. The lowest BCUT2D eigenvalue weighted by Crippen LogP contribution is -1.97. The summed E-state index contributed by atoms with van der Waals surface area (Å²) in [6.45, 7) is 6.38. The van der Waals surface area contributed by atoms with Crippen LogP contribution in [-0.4, -0.2) is 5.16 Å². The number of aromatic nitrogens is 1. The van der Waals surface area contributed by atoms with Crippen molar-refractivity contribution in [2.45, 2.75) is 27.2 Å². The molecule has 1 aromatic heterocycles. The predicted molar refractivity (Wildman–Crippen MR) is 69.6 cm³/mol. The van der Waals surface area contributed by atoms with Crippen molar-refractivity contribution in [2.75, 3.05) is 5.73 Å². The van der Waals surface area contributed by atoms with Gasteiger partial charge in [0.05, 0.1) is 11.3 Å². The summed E-state index contributed by atoms with van der Waals surface area (Å²) in [7, 11) is 0. The Labute approximate surface area is 102 Å². The summed E-state index contributed by atoms with van der Waals surface area (Å²) in [6, 6.07) is 8.26. The zero-order valence-electron chi connectivity index (χ0n) is 10.5. The first-order chi connectivity index (χ1) is 8.08. The molecule has 2 rings (SSSR count). The molecule has 3 nitrogen and oxygen atoms in total. The SMILES string of the molecule is Cc1ccc(-c2c(CC(C)C)noc2N)cc1. The third kappa shape index (κ3) is 2.49. The summed E-state index contributed by atoms with van der Waals surface area (Å²) in [4.78, 5) is 0. The monoisotopic (exact) mass is 230 g/mol. The van der Waals surface area contributed by atoms with E-state index in [2.05, 4.69) is 50.2 Å². The van der Waals surface area contributed by atoms with Crippen molar-refractivity contribution >= 4 is 5.88 Å². The molecule has 0 atom stereocenters. The van der Waals surface area contributed by atoms with Gasteiger partial charge in [0.2, 0.25) is 5.88 Å². The second-order valence-electron chi connectivity index (χ2n) is 4.83. The highest BCUT2D eigenvalue weighted by atomic mass is 16.5. The summed E-state index contributed by atoms with van der Waals surface area (Å²) in [5.74, 6) is 0.938. The highest BCUT2D eigenvalue weighted by Crippen LogP contribution is 2.31. The van der Waals surface area contributed by atoms with Crippen molar-refractivity contribution < 1.29 is 4.52 Å². The van der Waals surface area contributed by atoms with Crippen LogP contribution in [0.1, 0.15) is 25.1 Å². The van der Waals surface area contributed by atoms with E-state index < -0.39 is 0 Å². The second-order valence-corrected chi connectivity index (χ2v) is 4.83. The van der Waals surface area contributed by atoms with E-state index in [0.717, 1.165) is 23.2 Å². The van der Waals surface area contributed by atoms with Gasteiger partial charge in [-0.2, -0.15) is 0 Å². The third-order valence-electron chi connectivity index (χ3n) is 2.73. The maximum Gasteiger partial charge on any atom is 0.230 e. The van der Waals surface area contributed by atoms with Gasteiger partial charge in [0.1, 0.15) is 0 Å². The third-order valence-corrected chi connectivity index (χ3v) is 2.73. The molecule has 0 unspecified atom stereocenters. The van der Waals surface area contributed by atoms with Gasteiger partial charge in [-0.05, 0) is 24.8 Å². The topological polar surface area (TPSA) is 52.0 Å². The van der Waals surface area contributed by atoms with E-state index in [9.17, 15) is 0 Å². The molecule has 3 heteroatoms. The molecular weight excluding hydrogens is 212 g/mol. The van der Waals surface area contributed by atoms with Gasteiger partial charge in [0.25, 0.3) is 0 Å². The molecule has 90 valence electrons.